The first-order valence-corrected chi connectivity index (χ1v) is 7.38. The van der Waals surface area contributed by atoms with Crippen LogP contribution in [-0.4, -0.2) is 19.7 Å². The number of nitrogens with zero attached hydrogens (tertiary/aromatic N) is 1. The van der Waals surface area contributed by atoms with Crippen molar-refractivity contribution in [2.24, 2.45) is 5.92 Å². The summed E-state index contributed by atoms with van der Waals surface area (Å²) < 4.78 is 5.59. The van der Waals surface area contributed by atoms with Gasteiger partial charge in [0.1, 0.15) is 5.75 Å². The molecule has 0 aromatic heterocycles. The summed E-state index contributed by atoms with van der Waals surface area (Å²) >= 11 is 0. The van der Waals surface area contributed by atoms with Gasteiger partial charge < -0.3 is 15.4 Å². The lowest BCUT2D eigenvalue weighted by Crippen LogP contribution is -2.39. The van der Waals surface area contributed by atoms with E-state index in [1.807, 2.05) is 13.0 Å². The Morgan fingerprint density at radius 3 is 2.74 bits per heavy atom. The minimum atomic E-state index is 0.631. The highest BCUT2D eigenvalue weighted by molar-refractivity contribution is 5.62. The van der Waals surface area contributed by atoms with Crippen molar-refractivity contribution in [1.29, 1.82) is 0 Å². The zero-order chi connectivity index (χ0) is 13.8. The van der Waals surface area contributed by atoms with Crippen molar-refractivity contribution in [2.45, 2.75) is 45.6 Å². The summed E-state index contributed by atoms with van der Waals surface area (Å²) in [4.78, 5) is 2.39. The van der Waals surface area contributed by atoms with Gasteiger partial charge in [-0.2, -0.15) is 0 Å². The molecule has 0 radical (unpaired) electrons. The van der Waals surface area contributed by atoms with Crippen LogP contribution >= 0.6 is 0 Å². The summed E-state index contributed by atoms with van der Waals surface area (Å²) in [7, 11) is 2.19. The average molecular weight is 262 g/mol. The van der Waals surface area contributed by atoms with Crippen molar-refractivity contribution in [3.8, 4) is 5.75 Å². The smallest absolute Gasteiger partial charge is 0.144 e. The number of nitrogens with two attached hydrogens (primary N) is 1. The molecule has 1 fully saturated rings. The summed E-state index contributed by atoms with van der Waals surface area (Å²) in [5.74, 6) is 1.56. The minimum Gasteiger partial charge on any atom is -0.492 e. The van der Waals surface area contributed by atoms with Gasteiger partial charge in [-0.3, -0.25) is 0 Å². The summed E-state index contributed by atoms with van der Waals surface area (Å²) in [6.07, 6.45) is 5.33. The molecule has 1 aliphatic carbocycles. The molecule has 106 valence electrons. The summed E-state index contributed by atoms with van der Waals surface area (Å²) in [6.45, 7) is 5.00. The Kier molecular flexibility index (Phi) is 4.56. The molecular formula is C16H26N2O. The third-order valence-electron chi connectivity index (χ3n) is 4.27. The van der Waals surface area contributed by atoms with Gasteiger partial charge in [0.2, 0.25) is 0 Å². The van der Waals surface area contributed by atoms with Gasteiger partial charge in [-0.1, -0.05) is 19.8 Å². The fourth-order valence-electron chi connectivity index (χ4n) is 3.09. The monoisotopic (exact) mass is 262 g/mol. The van der Waals surface area contributed by atoms with E-state index in [2.05, 4.69) is 31.0 Å². The van der Waals surface area contributed by atoms with E-state index < -0.39 is 0 Å². The van der Waals surface area contributed by atoms with Crippen LogP contribution < -0.4 is 15.4 Å². The van der Waals surface area contributed by atoms with Crippen LogP contribution in [0.15, 0.2) is 18.2 Å². The van der Waals surface area contributed by atoms with Gasteiger partial charge in [-0.15, -0.1) is 0 Å². The van der Waals surface area contributed by atoms with Gasteiger partial charge in [-0.25, -0.2) is 0 Å². The highest BCUT2D eigenvalue weighted by Crippen LogP contribution is 2.33. The standard InChI is InChI=1S/C16H26N2O/c1-4-19-16-11-13(9-10-14(16)17)18(3)15-8-6-5-7-12(15)2/h9-12,15H,4-8,17H2,1-3H3. The molecule has 19 heavy (non-hydrogen) atoms. The second kappa shape index (κ2) is 6.18. The highest BCUT2D eigenvalue weighted by Gasteiger charge is 2.25. The van der Waals surface area contributed by atoms with E-state index in [1.54, 1.807) is 0 Å². The van der Waals surface area contributed by atoms with E-state index in [9.17, 15) is 0 Å². The molecule has 0 spiro atoms. The molecule has 0 amide bonds. The second-order valence-corrected chi connectivity index (χ2v) is 5.60. The molecule has 0 saturated heterocycles. The summed E-state index contributed by atoms with van der Waals surface area (Å²) in [5, 5.41) is 0. The lowest BCUT2D eigenvalue weighted by Gasteiger charge is -2.37. The number of benzene rings is 1. The molecule has 0 aliphatic heterocycles. The quantitative estimate of drug-likeness (QED) is 0.841. The van der Waals surface area contributed by atoms with E-state index in [-0.39, 0.29) is 0 Å². The van der Waals surface area contributed by atoms with E-state index >= 15 is 0 Å². The van der Waals surface area contributed by atoms with Crippen molar-refractivity contribution in [1.82, 2.24) is 0 Å². The molecule has 1 saturated carbocycles. The fourth-order valence-corrected chi connectivity index (χ4v) is 3.09. The number of hydrogen-bond donors (Lipinski definition) is 1. The maximum absolute atomic E-state index is 5.94. The molecule has 2 unspecified atom stereocenters. The van der Waals surface area contributed by atoms with Gasteiger partial charge in [-0.05, 0) is 37.8 Å². The van der Waals surface area contributed by atoms with Crippen molar-refractivity contribution in [3.05, 3.63) is 18.2 Å². The molecule has 2 rings (SSSR count). The van der Waals surface area contributed by atoms with Crippen molar-refractivity contribution >= 4 is 11.4 Å². The van der Waals surface area contributed by atoms with Crippen LogP contribution in [-0.2, 0) is 0 Å². The molecule has 0 bridgehead atoms. The first-order valence-electron chi connectivity index (χ1n) is 7.38. The van der Waals surface area contributed by atoms with E-state index in [1.165, 1.54) is 31.4 Å². The highest BCUT2D eigenvalue weighted by atomic mass is 16.5. The van der Waals surface area contributed by atoms with E-state index in [0.29, 0.717) is 12.6 Å². The maximum Gasteiger partial charge on any atom is 0.144 e. The molecule has 3 nitrogen and oxygen atoms in total. The van der Waals surface area contributed by atoms with Crippen LogP contribution in [0.3, 0.4) is 0 Å². The summed E-state index contributed by atoms with van der Waals surface area (Å²) in [5.41, 5.74) is 7.86. The van der Waals surface area contributed by atoms with Crippen LogP contribution in [0.25, 0.3) is 0 Å². The maximum atomic E-state index is 5.94. The minimum absolute atomic E-state index is 0.631. The molecular weight excluding hydrogens is 236 g/mol. The Balaban J connectivity index is 2.18. The number of anilines is 2. The Bertz CT molecular complexity index is 419. The predicted molar refractivity (Wildman–Crippen MR) is 81.8 cm³/mol. The molecule has 0 heterocycles. The van der Waals surface area contributed by atoms with Crippen LogP contribution in [0, 0.1) is 5.92 Å². The largest absolute Gasteiger partial charge is 0.492 e. The van der Waals surface area contributed by atoms with Crippen molar-refractivity contribution in [3.63, 3.8) is 0 Å². The first kappa shape index (κ1) is 14.0. The Hall–Kier alpha value is -1.38. The number of nitrogen functional groups attached to an aromatic ring is 1. The van der Waals surface area contributed by atoms with Crippen molar-refractivity contribution < 1.29 is 4.74 Å². The number of ether oxygens (including phenoxy) is 1. The zero-order valence-electron chi connectivity index (χ0n) is 12.4. The van der Waals surface area contributed by atoms with Gasteiger partial charge >= 0.3 is 0 Å². The Morgan fingerprint density at radius 2 is 2.05 bits per heavy atom. The van der Waals surface area contributed by atoms with Gasteiger partial charge in [0.05, 0.1) is 12.3 Å². The van der Waals surface area contributed by atoms with Gasteiger partial charge in [0, 0.05) is 24.8 Å². The molecule has 3 heteroatoms. The topological polar surface area (TPSA) is 38.5 Å². The second-order valence-electron chi connectivity index (χ2n) is 5.60. The van der Waals surface area contributed by atoms with Crippen LogP contribution in [0.1, 0.15) is 39.5 Å². The molecule has 1 aromatic rings. The lowest BCUT2D eigenvalue weighted by molar-refractivity contribution is 0.320. The Morgan fingerprint density at radius 1 is 1.32 bits per heavy atom. The third kappa shape index (κ3) is 3.14. The van der Waals surface area contributed by atoms with E-state index in [0.717, 1.165) is 17.4 Å². The van der Waals surface area contributed by atoms with Crippen LogP contribution in [0.4, 0.5) is 11.4 Å². The first-order chi connectivity index (χ1) is 9.13. The van der Waals surface area contributed by atoms with Crippen LogP contribution in [0.5, 0.6) is 5.75 Å². The summed E-state index contributed by atoms with van der Waals surface area (Å²) in [6, 6.07) is 6.75. The SMILES string of the molecule is CCOc1cc(N(C)C2CCCCC2C)ccc1N. The fraction of sp³-hybridized carbons (Fsp3) is 0.625. The van der Waals surface area contributed by atoms with E-state index in [4.69, 9.17) is 10.5 Å². The molecule has 1 aromatic carbocycles. The third-order valence-corrected chi connectivity index (χ3v) is 4.27. The molecule has 2 N–H and O–H groups in total. The lowest BCUT2D eigenvalue weighted by atomic mass is 9.85. The van der Waals surface area contributed by atoms with Crippen LogP contribution in [0.2, 0.25) is 0 Å². The van der Waals surface area contributed by atoms with Gasteiger partial charge in [0.25, 0.3) is 0 Å². The number of rotatable bonds is 4. The molecule has 1 aliphatic rings. The average Bonchev–Trinajstić information content (AvgIpc) is 2.41. The predicted octanol–water partition coefficient (Wildman–Crippen LogP) is 3.68. The normalized spacial score (nSPS) is 23.1. The number of hydrogen-bond acceptors (Lipinski definition) is 3. The van der Waals surface area contributed by atoms with Gasteiger partial charge in [0.15, 0.2) is 0 Å². The zero-order valence-corrected chi connectivity index (χ0v) is 12.4. The Labute approximate surface area is 116 Å². The molecule has 2 atom stereocenters. The van der Waals surface area contributed by atoms with Crippen molar-refractivity contribution in [2.75, 3.05) is 24.3 Å².